The Kier molecular flexibility index (Phi) is 3.60. The highest BCUT2D eigenvalue weighted by atomic mass is 32.2. The second-order valence-electron chi connectivity index (χ2n) is 5.24. The number of hydrogen-bond donors (Lipinski definition) is 1. The van der Waals surface area contributed by atoms with Crippen LogP contribution in [0.3, 0.4) is 0 Å². The van der Waals surface area contributed by atoms with E-state index in [4.69, 9.17) is 4.74 Å². The molecule has 2 aliphatic rings. The van der Waals surface area contributed by atoms with Gasteiger partial charge in [0.25, 0.3) is 0 Å². The molecule has 2 heterocycles. The van der Waals surface area contributed by atoms with E-state index in [0.29, 0.717) is 18.1 Å². The van der Waals surface area contributed by atoms with E-state index in [0.717, 1.165) is 24.9 Å². The first-order chi connectivity index (χ1) is 9.19. The van der Waals surface area contributed by atoms with Gasteiger partial charge in [0.2, 0.25) is 0 Å². The zero-order valence-electron chi connectivity index (χ0n) is 10.8. The van der Waals surface area contributed by atoms with Crippen LogP contribution >= 0.6 is 0 Å². The van der Waals surface area contributed by atoms with Crippen LogP contribution in [0.15, 0.2) is 29.2 Å². The molecule has 3 rings (SSSR count). The molecule has 104 valence electrons. The molecule has 1 atom stereocenters. The van der Waals surface area contributed by atoms with Gasteiger partial charge in [-0.15, -0.1) is 0 Å². The molecule has 19 heavy (non-hydrogen) atoms. The van der Waals surface area contributed by atoms with E-state index in [1.165, 1.54) is 6.42 Å². The fraction of sp³-hybridized carbons (Fsp3) is 0.571. The maximum atomic E-state index is 12.6. The molecule has 2 aliphatic heterocycles. The van der Waals surface area contributed by atoms with E-state index in [2.05, 4.69) is 5.32 Å². The van der Waals surface area contributed by atoms with E-state index in [-0.39, 0.29) is 11.3 Å². The Balaban J connectivity index is 1.96. The summed E-state index contributed by atoms with van der Waals surface area (Å²) in [4.78, 5) is 0.489. The van der Waals surface area contributed by atoms with Crippen LogP contribution in [0.25, 0.3) is 0 Å². The van der Waals surface area contributed by atoms with Gasteiger partial charge >= 0.3 is 0 Å². The Morgan fingerprint density at radius 3 is 2.58 bits per heavy atom. The molecule has 0 amide bonds. The zero-order chi connectivity index (χ0) is 13.3. The van der Waals surface area contributed by atoms with Gasteiger partial charge in [0, 0.05) is 6.04 Å². The predicted molar refractivity (Wildman–Crippen MR) is 72.8 cm³/mol. The summed E-state index contributed by atoms with van der Waals surface area (Å²) < 4.78 is 30.2. The van der Waals surface area contributed by atoms with Crippen LogP contribution in [0.5, 0.6) is 0 Å². The lowest BCUT2D eigenvalue weighted by Crippen LogP contribution is -2.41. The monoisotopic (exact) mass is 281 g/mol. The largest absolute Gasteiger partial charge is 0.379 e. The number of hydrogen-bond acceptors (Lipinski definition) is 4. The molecule has 1 unspecified atom stereocenters. The summed E-state index contributed by atoms with van der Waals surface area (Å²) in [5.41, 5.74) is 0.925. The lowest BCUT2D eigenvalue weighted by atomic mass is 9.98. The molecule has 0 spiro atoms. The Morgan fingerprint density at radius 2 is 1.95 bits per heavy atom. The van der Waals surface area contributed by atoms with Crippen LogP contribution in [0.4, 0.5) is 0 Å². The standard InChI is InChI=1S/C14H19NO3S/c16-19(17,11-9-18-10-11)14-7-2-1-5-12(14)13-6-3-4-8-15-13/h1-2,5,7,11,13,15H,3-4,6,8-10H2. The van der Waals surface area contributed by atoms with E-state index >= 15 is 0 Å². The highest BCUT2D eigenvalue weighted by Gasteiger charge is 2.36. The van der Waals surface area contributed by atoms with Gasteiger partial charge in [-0.2, -0.15) is 0 Å². The second kappa shape index (κ2) is 5.23. The van der Waals surface area contributed by atoms with Gasteiger partial charge in [-0.1, -0.05) is 24.6 Å². The van der Waals surface area contributed by atoms with Gasteiger partial charge < -0.3 is 10.1 Å². The first kappa shape index (κ1) is 13.1. The van der Waals surface area contributed by atoms with E-state index in [1.807, 2.05) is 12.1 Å². The minimum absolute atomic E-state index is 0.167. The fourth-order valence-electron chi connectivity index (χ4n) is 2.72. The zero-order valence-corrected chi connectivity index (χ0v) is 11.7. The van der Waals surface area contributed by atoms with E-state index in [9.17, 15) is 8.42 Å². The smallest absolute Gasteiger partial charge is 0.186 e. The average molecular weight is 281 g/mol. The van der Waals surface area contributed by atoms with Gasteiger partial charge in [-0.05, 0) is 31.0 Å². The molecule has 1 aromatic carbocycles. The molecule has 2 saturated heterocycles. The molecule has 1 aromatic rings. The number of ether oxygens (including phenoxy) is 1. The van der Waals surface area contributed by atoms with Crippen molar-refractivity contribution >= 4 is 9.84 Å². The maximum Gasteiger partial charge on any atom is 0.186 e. The molecule has 0 aliphatic carbocycles. The minimum Gasteiger partial charge on any atom is -0.379 e. The van der Waals surface area contributed by atoms with Crippen LogP contribution in [0.1, 0.15) is 30.9 Å². The number of sulfone groups is 1. The molecule has 0 radical (unpaired) electrons. The van der Waals surface area contributed by atoms with Crippen LogP contribution < -0.4 is 5.32 Å². The SMILES string of the molecule is O=S(=O)(c1ccccc1C1CCCCN1)C1COC1. The number of rotatable bonds is 3. The van der Waals surface area contributed by atoms with Gasteiger partial charge in [-0.3, -0.25) is 0 Å². The van der Waals surface area contributed by atoms with Crippen LogP contribution in [-0.4, -0.2) is 33.4 Å². The van der Waals surface area contributed by atoms with Crippen molar-refractivity contribution in [2.45, 2.75) is 35.4 Å². The van der Waals surface area contributed by atoms with Gasteiger partial charge in [0.15, 0.2) is 9.84 Å². The first-order valence-electron chi connectivity index (χ1n) is 6.83. The summed E-state index contributed by atoms with van der Waals surface area (Å²) in [6.45, 7) is 1.62. The van der Waals surface area contributed by atoms with Crippen molar-refractivity contribution < 1.29 is 13.2 Å². The van der Waals surface area contributed by atoms with Crippen molar-refractivity contribution in [3.63, 3.8) is 0 Å². The molecule has 0 aromatic heterocycles. The lowest BCUT2D eigenvalue weighted by molar-refractivity contribution is 0.0415. The summed E-state index contributed by atoms with van der Waals surface area (Å²) in [6, 6.07) is 7.57. The topological polar surface area (TPSA) is 55.4 Å². The quantitative estimate of drug-likeness (QED) is 0.916. The average Bonchev–Trinajstić information content (AvgIpc) is 2.37. The van der Waals surface area contributed by atoms with Crippen molar-refractivity contribution in [3.8, 4) is 0 Å². The Labute approximate surface area is 114 Å². The summed E-state index contributed by atoms with van der Waals surface area (Å²) in [5, 5.41) is 3.06. The number of benzene rings is 1. The molecule has 0 saturated carbocycles. The Morgan fingerprint density at radius 1 is 1.16 bits per heavy atom. The second-order valence-corrected chi connectivity index (χ2v) is 7.44. The number of nitrogens with one attached hydrogen (secondary N) is 1. The van der Waals surface area contributed by atoms with Crippen LogP contribution in [0, 0.1) is 0 Å². The Bertz CT molecular complexity index is 546. The van der Waals surface area contributed by atoms with Crippen molar-refractivity contribution in [3.05, 3.63) is 29.8 Å². The molecule has 4 nitrogen and oxygen atoms in total. The van der Waals surface area contributed by atoms with Gasteiger partial charge in [-0.25, -0.2) is 8.42 Å². The third kappa shape index (κ3) is 2.42. The van der Waals surface area contributed by atoms with Gasteiger partial charge in [0.1, 0.15) is 5.25 Å². The molecular weight excluding hydrogens is 262 g/mol. The van der Waals surface area contributed by atoms with E-state index < -0.39 is 9.84 Å². The summed E-state index contributed by atoms with van der Waals surface area (Å²) in [5.74, 6) is 0. The van der Waals surface area contributed by atoms with Crippen molar-refractivity contribution in [2.24, 2.45) is 0 Å². The first-order valence-corrected chi connectivity index (χ1v) is 8.38. The normalized spacial score (nSPS) is 24.9. The number of piperidine rings is 1. The maximum absolute atomic E-state index is 12.6. The van der Waals surface area contributed by atoms with E-state index in [1.54, 1.807) is 12.1 Å². The van der Waals surface area contributed by atoms with Crippen molar-refractivity contribution in [2.75, 3.05) is 19.8 Å². The predicted octanol–water partition coefficient (Wildman–Crippen LogP) is 1.67. The molecular formula is C14H19NO3S. The molecule has 0 bridgehead atoms. The third-order valence-corrected chi connectivity index (χ3v) is 6.09. The summed E-state index contributed by atoms with van der Waals surface area (Å²) >= 11 is 0. The van der Waals surface area contributed by atoms with Crippen LogP contribution in [-0.2, 0) is 14.6 Å². The Hall–Kier alpha value is -0.910. The van der Waals surface area contributed by atoms with Crippen LogP contribution in [0.2, 0.25) is 0 Å². The third-order valence-electron chi connectivity index (χ3n) is 3.96. The molecule has 1 N–H and O–H groups in total. The van der Waals surface area contributed by atoms with Crippen molar-refractivity contribution in [1.82, 2.24) is 5.32 Å². The fourth-order valence-corrected chi connectivity index (χ4v) is 4.43. The lowest BCUT2D eigenvalue weighted by Gasteiger charge is -2.29. The highest BCUT2D eigenvalue weighted by molar-refractivity contribution is 7.92. The minimum atomic E-state index is -3.25. The highest BCUT2D eigenvalue weighted by Crippen LogP contribution is 2.31. The molecule has 5 heteroatoms. The summed E-state index contributed by atoms with van der Waals surface area (Å²) in [6.07, 6.45) is 3.33. The summed E-state index contributed by atoms with van der Waals surface area (Å²) in [7, 11) is -3.25. The van der Waals surface area contributed by atoms with Crippen molar-refractivity contribution in [1.29, 1.82) is 0 Å². The van der Waals surface area contributed by atoms with Gasteiger partial charge in [0.05, 0.1) is 18.1 Å². The molecule has 2 fully saturated rings.